The number of ether oxygens (including phenoxy) is 1. The Bertz CT molecular complexity index is 896. The van der Waals surface area contributed by atoms with E-state index >= 15 is 0 Å². The molecule has 1 fully saturated rings. The summed E-state index contributed by atoms with van der Waals surface area (Å²) < 4.78 is 6.97. The maximum absolute atomic E-state index is 12.5. The molecule has 27 heavy (non-hydrogen) atoms. The molecule has 2 heterocycles. The van der Waals surface area contributed by atoms with E-state index < -0.39 is 0 Å². The highest BCUT2D eigenvalue weighted by atomic mass is 32.1. The molecular weight excluding hydrogens is 356 g/mol. The highest BCUT2D eigenvalue weighted by molar-refractivity contribution is 7.18. The lowest BCUT2D eigenvalue weighted by atomic mass is 9.97. The van der Waals surface area contributed by atoms with Gasteiger partial charge in [0.1, 0.15) is 5.75 Å². The number of nitrogens with zero attached hydrogens (tertiary/aromatic N) is 2. The first-order valence-electron chi connectivity index (χ1n) is 9.52. The molecule has 0 atom stereocenters. The van der Waals surface area contributed by atoms with Crippen LogP contribution in [-0.2, 0) is 4.79 Å². The Labute approximate surface area is 163 Å². The maximum atomic E-state index is 12.5. The molecule has 140 valence electrons. The fourth-order valence-electron chi connectivity index (χ4n) is 3.56. The minimum Gasteiger partial charge on any atom is -0.493 e. The van der Waals surface area contributed by atoms with Gasteiger partial charge in [-0.05, 0) is 49.6 Å². The number of benzene rings is 2. The number of fused-ring (bicyclic) bond motifs is 1. The van der Waals surface area contributed by atoms with E-state index in [0.717, 1.165) is 42.8 Å². The number of aromatic nitrogens is 1. The van der Waals surface area contributed by atoms with Crippen molar-refractivity contribution in [3.05, 3.63) is 59.1 Å². The SMILES string of the molecule is Cc1cccc(OCCC(=O)N2CCC(c3nc4ccccc4s3)CC2)c1. The molecule has 0 unspecified atom stereocenters. The molecule has 0 N–H and O–H groups in total. The van der Waals surface area contributed by atoms with E-state index in [-0.39, 0.29) is 5.91 Å². The van der Waals surface area contributed by atoms with Gasteiger partial charge in [-0.15, -0.1) is 11.3 Å². The van der Waals surface area contributed by atoms with E-state index in [1.807, 2.05) is 42.2 Å². The van der Waals surface area contributed by atoms with Crippen molar-refractivity contribution in [2.24, 2.45) is 0 Å². The molecule has 0 aliphatic carbocycles. The van der Waals surface area contributed by atoms with Gasteiger partial charge in [0.05, 0.1) is 28.3 Å². The Balaban J connectivity index is 1.26. The second kappa shape index (κ2) is 8.09. The summed E-state index contributed by atoms with van der Waals surface area (Å²) in [5.74, 6) is 1.48. The van der Waals surface area contributed by atoms with Crippen molar-refractivity contribution in [1.29, 1.82) is 0 Å². The van der Waals surface area contributed by atoms with Gasteiger partial charge in [-0.2, -0.15) is 0 Å². The van der Waals surface area contributed by atoms with Gasteiger partial charge in [-0.25, -0.2) is 4.98 Å². The number of rotatable bonds is 5. The van der Waals surface area contributed by atoms with Crippen LogP contribution in [0.1, 0.15) is 35.8 Å². The molecule has 0 spiro atoms. The summed E-state index contributed by atoms with van der Waals surface area (Å²) in [6.07, 6.45) is 2.41. The summed E-state index contributed by atoms with van der Waals surface area (Å²) in [6.45, 7) is 4.08. The van der Waals surface area contributed by atoms with Crippen molar-refractivity contribution in [2.45, 2.75) is 32.1 Å². The van der Waals surface area contributed by atoms with Gasteiger partial charge in [0, 0.05) is 19.0 Å². The molecule has 0 bridgehead atoms. The molecular formula is C22H24N2O2S. The van der Waals surface area contributed by atoms with Gasteiger partial charge in [0.25, 0.3) is 0 Å². The first-order chi connectivity index (χ1) is 13.2. The summed E-state index contributed by atoms with van der Waals surface area (Å²) >= 11 is 1.79. The van der Waals surface area contributed by atoms with Crippen LogP contribution in [-0.4, -0.2) is 35.5 Å². The minimum absolute atomic E-state index is 0.186. The van der Waals surface area contributed by atoms with Crippen LogP contribution in [0.15, 0.2) is 48.5 Å². The third-order valence-corrected chi connectivity index (χ3v) is 6.28. The van der Waals surface area contributed by atoms with Crippen molar-refractivity contribution in [2.75, 3.05) is 19.7 Å². The number of carbonyl (C=O) groups is 1. The van der Waals surface area contributed by atoms with Crippen molar-refractivity contribution in [3.8, 4) is 5.75 Å². The molecule has 0 radical (unpaired) electrons. The monoisotopic (exact) mass is 380 g/mol. The molecule has 1 aliphatic rings. The zero-order valence-electron chi connectivity index (χ0n) is 15.6. The average molecular weight is 381 g/mol. The fourth-order valence-corrected chi connectivity index (χ4v) is 4.70. The number of carbonyl (C=O) groups excluding carboxylic acids is 1. The Hall–Kier alpha value is -2.40. The van der Waals surface area contributed by atoms with Gasteiger partial charge in [0.15, 0.2) is 0 Å². The molecule has 3 aromatic rings. The number of hydrogen-bond donors (Lipinski definition) is 0. The Morgan fingerprint density at radius 2 is 2.00 bits per heavy atom. The molecule has 1 aliphatic heterocycles. The molecule has 4 nitrogen and oxygen atoms in total. The first-order valence-corrected chi connectivity index (χ1v) is 10.3. The van der Waals surface area contributed by atoms with Crippen LogP contribution in [0.5, 0.6) is 5.75 Å². The summed E-state index contributed by atoms with van der Waals surface area (Å²) in [5, 5.41) is 1.21. The van der Waals surface area contributed by atoms with Crippen LogP contribution in [0.25, 0.3) is 10.2 Å². The van der Waals surface area contributed by atoms with E-state index in [2.05, 4.69) is 18.2 Å². The smallest absolute Gasteiger partial charge is 0.225 e. The summed E-state index contributed by atoms with van der Waals surface area (Å²) in [7, 11) is 0. The number of amides is 1. The number of aryl methyl sites for hydroxylation is 1. The molecule has 2 aromatic carbocycles. The lowest BCUT2D eigenvalue weighted by Crippen LogP contribution is -2.38. The van der Waals surface area contributed by atoms with E-state index in [9.17, 15) is 4.79 Å². The highest BCUT2D eigenvalue weighted by Gasteiger charge is 2.25. The van der Waals surface area contributed by atoms with Crippen molar-refractivity contribution < 1.29 is 9.53 Å². The van der Waals surface area contributed by atoms with Crippen LogP contribution in [0, 0.1) is 6.92 Å². The largest absolute Gasteiger partial charge is 0.493 e. The highest BCUT2D eigenvalue weighted by Crippen LogP contribution is 2.33. The average Bonchev–Trinajstić information content (AvgIpc) is 3.12. The summed E-state index contributed by atoms with van der Waals surface area (Å²) in [6, 6.07) is 16.2. The zero-order valence-corrected chi connectivity index (χ0v) is 16.4. The fraction of sp³-hybridized carbons (Fsp3) is 0.364. The standard InChI is InChI=1S/C22H24N2O2S/c1-16-5-4-6-18(15-16)26-14-11-21(25)24-12-9-17(10-13-24)22-23-19-7-2-3-8-20(19)27-22/h2-8,15,17H,9-14H2,1H3. The number of hydrogen-bond acceptors (Lipinski definition) is 4. The predicted molar refractivity (Wildman–Crippen MR) is 109 cm³/mol. The topological polar surface area (TPSA) is 42.4 Å². The van der Waals surface area contributed by atoms with Crippen LogP contribution in [0.2, 0.25) is 0 Å². The first kappa shape index (κ1) is 18.0. The molecule has 5 heteroatoms. The van der Waals surface area contributed by atoms with E-state index in [1.165, 1.54) is 9.71 Å². The minimum atomic E-state index is 0.186. The van der Waals surface area contributed by atoms with E-state index in [1.54, 1.807) is 11.3 Å². The van der Waals surface area contributed by atoms with Gasteiger partial charge < -0.3 is 9.64 Å². The van der Waals surface area contributed by atoms with Gasteiger partial charge in [0.2, 0.25) is 5.91 Å². The quantitative estimate of drug-likeness (QED) is 0.640. The third-order valence-electron chi connectivity index (χ3n) is 5.08. The normalized spacial score (nSPS) is 15.2. The van der Waals surface area contributed by atoms with Crippen LogP contribution in [0.4, 0.5) is 0 Å². The maximum Gasteiger partial charge on any atom is 0.225 e. The second-order valence-electron chi connectivity index (χ2n) is 7.09. The van der Waals surface area contributed by atoms with Gasteiger partial charge >= 0.3 is 0 Å². The van der Waals surface area contributed by atoms with Crippen molar-refractivity contribution in [1.82, 2.24) is 9.88 Å². The van der Waals surface area contributed by atoms with Crippen LogP contribution >= 0.6 is 11.3 Å². The lowest BCUT2D eigenvalue weighted by Gasteiger charge is -2.31. The lowest BCUT2D eigenvalue weighted by molar-refractivity contribution is -0.132. The molecule has 4 rings (SSSR count). The summed E-state index contributed by atoms with van der Waals surface area (Å²) in [5.41, 5.74) is 2.25. The number of para-hydroxylation sites is 1. The molecule has 1 amide bonds. The van der Waals surface area contributed by atoms with Crippen molar-refractivity contribution in [3.63, 3.8) is 0 Å². The predicted octanol–water partition coefficient (Wildman–Crippen LogP) is 4.78. The van der Waals surface area contributed by atoms with Crippen LogP contribution < -0.4 is 4.74 Å². The van der Waals surface area contributed by atoms with Gasteiger partial charge in [-0.1, -0.05) is 24.3 Å². The van der Waals surface area contributed by atoms with E-state index in [4.69, 9.17) is 9.72 Å². The number of piperidine rings is 1. The number of likely N-dealkylation sites (tertiary alicyclic amines) is 1. The Morgan fingerprint density at radius 1 is 1.19 bits per heavy atom. The third kappa shape index (κ3) is 4.30. The molecule has 1 saturated heterocycles. The van der Waals surface area contributed by atoms with Gasteiger partial charge in [-0.3, -0.25) is 4.79 Å². The summed E-state index contributed by atoms with van der Waals surface area (Å²) in [4.78, 5) is 19.2. The second-order valence-corrected chi connectivity index (χ2v) is 8.15. The van der Waals surface area contributed by atoms with Crippen molar-refractivity contribution >= 4 is 27.5 Å². The zero-order chi connectivity index (χ0) is 18.6. The molecule has 0 saturated carbocycles. The van der Waals surface area contributed by atoms with Crippen LogP contribution in [0.3, 0.4) is 0 Å². The number of thiazole rings is 1. The molecule has 1 aromatic heterocycles. The Kier molecular flexibility index (Phi) is 5.39. The van der Waals surface area contributed by atoms with E-state index in [0.29, 0.717) is 18.9 Å². The Morgan fingerprint density at radius 3 is 2.78 bits per heavy atom.